The Morgan fingerprint density at radius 2 is 1.30 bits per heavy atom. The normalized spacial score (nSPS) is 23.6. The Bertz CT molecular complexity index is 727. The number of carbonyl (C=O) groups is 1. The lowest BCUT2D eigenvalue weighted by Gasteiger charge is -2.39. The van der Waals surface area contributed by atoms with Crippen LogP contribution in [0.4, 0.5) is 5.69 Å². The van der Waals surface area contributed by atoms with Crippen LogP contribution in [0.25, 0.3) is 0 Å². The summed E-state index contributed by atoms with van der Waals surface area (Å²) in [5, 5.41) is 42.0. The van der Waals surface area contributed by atoms with Gasteiger partial charge in [-0.25, -0.2) is 0 Å². The lowest BCUT2D eigenvalue weighted by molar-refractivity contribution is -0.277. The summed E-state index contributed by atoms with van der Waals surface area (Å²) in [5.41, 5.74) is 0.636. The van der Waals surface area contributed by atoms with E-state index < -0.39 is 37.3 Å². The topological polar surface area (TPSA) is 128 Å². The molecule has 1 amide bonds. The largest absolute Gasteiger partial charge is 0.462 e. The monoisotopic (exact) mass is 523 g/mol. The number of hydrogen-bond donors (Lipinski definition) is 5. The zero-order chi connectivity index (χ0) is 26.9. The molecule has 8 heteroatoms. The lowest BCUT2D eigenvalue weighted by Crippen LogP contribution is -2.60. The van der Waals surface area contributed by atoms with Crippen molar-refractivity contribution in [1.29, 1.82) is 0 Å². The fourth-order valence-corrected chi connectivity index (χ4v) is 4.62. The Hall–Kier alpha value is -1.71. The van der Waals surface area contributed by atoms with Gasteiger partial charge in [0.25, 0.3) is 0 Å². The number of aliphatic hydroxyl groups is 4. The third-order valence-electron chi connectivity index (χ3n) is 7.00. The molecule has 1 fully saturated rings. The van der Waals surface area contributed by atoms with Gasteiger partial charge in [-0.05, 0) is 30.7 Å². The zero-order valence-electron chi connectivity index (χ0n) is 22.5. The van der Waals surface area contributed by atoms with Crippen molar-refractivity contribution >= 4 is 11.6 Å². The van der Waals surface area contributed by atoms with Crippen molar-refractivity contribution in [3.05, 3.63) is 24.3 Å². The lowest BCUT2D eigenvalue weighted by atomic mass is 9.99. The molecule has 0 unspecified atom stereocenters. The molecule has 2 rings (SSSR count). The molecule has 0 radical (unpaired) electrons. The molecule has 37 heavy (non-hydrogen) atoms. The van der Waals surface area contributed by atoms with Crippen LogP contribution in [0.2, 0.25) is 0 Å². The van der Waals surface area contributed by atoms with Gasteiger partial charge in [0, 0.05) is 12.1 Å². The second-order valence-electron chi connectivity index (χ2n) is 10.2. The van der Waals surface area contributed by atoms with Gasteiger partial charge in [-0.2, -0.15) is 0 Å². The van der Waals surface area contributed by atoms with Gasteiger partial charge in [-0.1, -0.05) is 90.4 Å². The van der Waals surface area contributed by atoms with Crippen LogP contribution in [0, 0.1) is 0 Å². The van der Waals surface area contributed by atoms with Crippen molar-refractivity contribution in [2.24, 2.45) is 0 Å². The third kappa shape index (κ3) is 12.1. The van der Waals surface area contributed by atoms with Crippen LogP contribution in [0.15, 0.2) is 24.3 Å². The maximum Gasteiger partial charge on any atom is 0.229 e. The highest BCUT2D eigenvalue weighted by atomic mass is 16.7. The predicted molar refractivity (Wildman–Crippen MR) is 144 cm³/mol. The first kappa shape index (κ1) is 31.5. The quantitative estimate of drug-likeness (QED) is 0.167. The first-order valence-electron chi connectivity index (χ1n) is 14.3. The molecule has 1 saturated heterocycles. The number of amides is 1. The highest BCUT2D eigenvalue weighted by molar-refractivity contribution is 5.90. The summed E-state index contributed by atoms with van der Waals surface area (Å²) in [6.07, 6.45) is 11.8. The van der Waals surface area contributed by atoms with E-state index in [1.54, 1.807) is 24.3 Å². The molecule has 5 atom stereocenters. The molecule has 1 aromatic carbocycles. The van der Waals surface area contributed by atoms with E-state index in [-0.39, 0.29) is 5.91 Å². The summed E-state index contributed by atoms with van der Waals surface area (Å²) in [6.45, 7) is 1.74. The molecule has 1 aromatic rings. The van der Waals surface area contributed by atoms with Crippen LogP contribution in [-0.4, -0.2) is 63.6 Å². The Labute approximate surface area is 222 Å². The molecule has 0 aromatic heterocycles. The number of benzene rings is 1. The van der Waals surface area contributed by atoms with Gasteiger partial charge in [0.2, 0.25) is 12.2 Å². The molecule has 1 aliphatic heterocycles. The van der Waals surface area contributed by atoms with Gasteiger partial charge < -0.3 is 35.2 Å². The van der Waals surface area contributed by atoms with Crippen LogP contribution in [0.1, 0.15) is 103 Å². The molecular weight excluding hydrogens is 474 g/mol. The van der Waals surface area contributed by atoms with Crippen LogP contribution >= 0.6 is 0 Å². The van der Waals surface area contributed by atoms with Crippen LogP contribution in [-0.2, 0) is 9.53 Å². The maximum atomic E-state index is 12.2. The summed E-state index contributed by atoms with van der Waals surface area (Å²) in [5.74, 6) is 0.329. The minimum Gasteiger partial charge on any atom is -0.462 e. The molecular formula is C29H49NO7. The average molecular weight is 524 g/mol. The van der Waals surface area contributed by atoms with Gasteiger partial charge in [0.15, 0.2) is 0 Å². The van der Waals surface area contributed by atoms with Crippen LogP contribution in [0.3, 0.4) is 0 Å². The Balaban J connectivity index is 1.52. The van der Waals surface area contributed by atoms with Gasteiger partial charge in [-0.15, -0.1) is 0 Å². The highest BCUT2D eigenvalue weighted by Crippen LogP contribution is 2.25. The standard InChI is InChI=1S/C29H49NO7/c1-2-3-4-5-6-7-8-9-10-11-12-13-14-15-16-25(32)30-22-17-19-23(20-18-22)36-29-28(35)27(34)26(33)24(21-31)37-29/h17-20,24,26-29,31,33-35H,2-16,21H2,1H3,(H,30,32)/t24-,26-,27+,28-,29-/m1/s1. The van der Waals surface area contributed by atoms with Crippen molar-refractivity contribution in [2.75, 3.05) is 11.9 Å². The van der Waals surface area contributed by atoms with Crippen molar-refractivity contribution in [2.45, 2.75) is 134 Å². The number of ether oxygens (including phenoxy) is 2. The molecule has 8 nitrogen and oxygen atoms in total. The number of rotatable bonds is 19. The number of carbonyl (C=O) groups excluding carboxylic acids is 1. The highest BCUT2D eigenvalue weighted by Gasteiger charge is 2.44. The maximum absolute atomic E-state index is 12.2. The Kier molecular flexibility index (Phi) is 15.8. The van der Waals surface area contributed by atoms with Crippen molar-refractivity contribution in [1.82, 2.24) is 0 Å². The molecule has 0 bridgehead atoms. The van der Waals surface area contributed by atoms with E-state index in [4.69, 9.17) is 9.47 Å². The molecule has 5 N–H and O–H groups in total. The first-order chi connectivity index (χ1) is 18.0. The van der Waals surface area contributed by atoms with Gasteiger partial charge in [0.05, 0.1) is 6.61 Å². The van der Waals surface area contributed by atoms with Crippen molar-refractivity contribution in [3.63, 3.8) is 0 Å². The van der Waals surface area contributed by atoms with E-state index in [2.05, 4.69) is 12.2 Å². The molecule has 0 spiro atoms. The Morgan fingerprint density at radius 3 is 1.81 bits per heavy atom. The SMILES string of the molecule is CCCCCCCCCCCCCCCCC(=O)Nc1ccc(O[C@@H]2O[C@H](CO)[C@@H](O)[C@H](O)[C@H]2O)cc1. The number of unbranched alkanes of at least 4 members (excludes halogenated alkanes) is 13. The van der Waals surface area contributed by atoms with Crippen molar-refractivity contribution in [3.8, 4) is 5.75 Å². The van der Waals surface area contributed by atoms with E-state index in [1.807, 2.05) is 0 Å². The van der Waals surface area contributed by atoms with E-state index in [1.165, 1.54) is 77.0 Å². The smallest absolute Gasteiger partial charge is 0.229 e. The van der Waals surface area contributed by atoms with Gasteiger partial charge >= 0.3 is 0 Å². The van der Waals surface area contributed by atoms with E-state index >= 15 is 0 Å². The van der Waals surface area contributed by atoms with E-state index in [9.17, 15) is 25.2 Å². The van der Waals surface area contributed by atoms with Gasteiger partial charge in [0.1, 0.15) is 30.2 Å². The summed E-state index contributed by atoms with van der Waals surface area (Å²) < 4.78 is 10.9. The van der Waals surface area contributed by atoms with Crippen molar-refractivity contribution < 1.29 is 34.7 Å². The molecule has 212 valence electrons. The minimum atomic E-state index is -1.50. The second-order valence-corrected chi connectivity index (χ2v) is 10.2. The van der Waals surface area contributed by atoms with E-state index in [0.29, 0.717) is 17.9 Å². The number of hydrogen-bond acceptors (Lipinski definition) is 7. The number of anilines is 1. The van der Waals surface area contributed by atoms with Crippen LogP contribution < -0.4 is 10.1 Å². The number of nitrogens with one attached hydrogen (secondary N) is 1. The molecule has 0 aliphatic carbocycles. The van der Waals surface area contributed by atoms with Crippen LogP contribution in [0.5, 0.6) is 5.75 Å². The summed E-state index contributed by atoms with van der Waals surface area (Å²) in [4.78, 5) is 12.2. The molecule has 0 saturated carbocycles. The minimum absolute atomic E-state index is 0.0264. The Morgan fingerprint density at radius 1 is 0.784 bits per heavy atom. The zero-order valence-corrected chi connectivity index (χ0v) is 22.5. The molecule has 1 heterocycles. The third-order valence-corrected chi connectivity index (χ3v) is 7.00. The molecule has 1 aliphatic rings. The van der Waals surface area contributed by atoms with E-state index in [0.717, 1.165) is 12.8 Å². The predicted octanol–water partition coefficient (Wildman–Crippen LogP) is 4.68. The second kappa shape index (κ2) is 18.5. The summed E-state index contributed by atoms with van der Waals surface area (Å²) >= 11 is 0. The first-order valence-corrected chi connectivity index (χ1v) is 14.3. The van der Waals surface area contributed by atoms with Gasteiger partial charge in [-0.3, -0.25) is 4.79 Å². The summed E-state index contributed by atoms with van der Waals surface area (Å²) in [7, 11) is 0. The fraction of sp³-hybridized carbons (Fsp3) is 0.759. The summed E-state index contributed by atoms with van der Waals surface area (Å²) in [6, 6.07) is 6.60. The number of aliphatic hydroxyl groups excluding tert-OH is 4. The fourth-order valence-electron chi connectivity index (χ4n) is 4.62. The average Bonchev–Trinajstić information content (AvgIpc) is 2.90.